The molecule has 1 unspecified atom stereocenters. The van der Waals surface area contributed by atoms with E-state index < -0.39 is 9.28 Å². The Balaban J connectivity index is 2.77. The zero-order valence-corrected chi connectivity index (χ0v) is 11.6. The smallest absolute Gasteiger partial charge is 0.329 e. The first-order valence-corrected chi connectivity index (χ1v) is 7.72. The fourth-order valence-corrected chi connectivity index (χ4v) is 4.03. The van der Waals surface area contributed by atoms with Crippen molar-refractivity contribution in [2.24, 2.45) is 0 Å². The minimum absolute atomic E-state index is 0.459. The van der Waals surface area contributed by atoms with E-state index in [1.165, 1.54) is 5.56 Å². The van der Waals surface area contributed by atoms with E-state index in [2.05, 4.69) is 31.2 Å². The third kappa shape index (κ3) is 3.74. The summed E-state index contributed by atoms with van der Waals surface area (Å²) in [6.45, 7) is 7.78. The molecule has 0 aliphatic carbocycles. The highest BCUT2D eigenvalue weighted by molar-refractivity contribution is 6.46. The van der Waals surface area contributed by atoms with Gasteiger partial charge >= 0.3 is 9.28 Å². The van der Waals surface area contributed by atoms with Gasteiger partial charge in [-0.2, -0.15) is 0 Å². The Morgan fingerprint density at radius 2 is 1.56 bits per heavy atom. The minimum Gasteiger partial charge on any atom is -0.396 e. The van der Waals surface area contributed by atoms with Gasteiger partial charge < -0.3 is 8.85 Å². The van der Waals surface area contributed by atoms with Crippen molar-refractivity contribution in [3.8, 4) is 0 Å². The van der Waals surface area contributed by atoms with Gasteiger partial charge in [-0.05, 0) is 25.8 Å². The molecule has 0 aliphatic rings. The molecule has 0 bridgehead atoms. The van der Waals surface area contributed by atoms with Crippen molar-refractivity contribution in [1.82, 2.24) is 0 Å². The molecule has 0 aromatic heterocycles. The van der Waals surface area contributed by atoms with Gasteiger partial charge in [-0.1, -0.05) is 37.3 Å². The first-order valence-electron chi connectivity index (χ1n) is 6.11. The SMILES string of the molecule is CCO[SiH](OCC)C(CC)c1ccccc1. The zero-order valence-electron chi connectivity index (χ0n) is 10.5. The van der Waals surface area contributed by atoms with Gasteiger partial charge in [0, 0.05) is 18.8 Å². The zero-order chi connectivity index (χ0) is 11.8. The van der Waals surface area contributed by atoms with Crippen LogP contribution in [0.1, 0.15) is 38.3 Å². The Labute approximate surface area is 100 Å². The molecule has 3 heteroatoms. The van der Waals surface area contributed by atoms with Crippen LogP contribution in [-0.4, -0.2) is 22.5 Å². The molecule has 1 aromatic carbocycles. The fraction of sp³-hybridized carbons (Fsp3) is 0.538. The predicted octanol–water partition coefficient (Wildman–Crippen LogP) is 3.01. The normalized spacial score (nSPS) is 13.0. The van der Waals surface area contributed by atoms with E-state index in [0.717, 1.165) is 19.6 Å². The van der Waals surface area contributed by atoms with E-state index in [9.17, 15) is 0 Å². The van der Waals surface area contributed by atoms with Gasteiger partial charge in [0.1, 0.15) is 0 Å². The molecular weight excluding hydrogens is 216 g/mol. The van der Waals surface area contributed by atoms with E-state index in [0.29, 0.717) is 5.54 Å². The highest BCUT2D eigenvalue weighted by Crippen LogP contribution is 2.23. The number of hydrogen-bond acceptors (Lipinski definition) is 2. The highest BCUT2D eigenvalue weighted by Gasteiger charge is 2.25. The van der Waals surface area contributed by atoms with Crippen LogP contribution in [0, 0.1) is 0 Å². The average molecular weight is 238 g/mol. The second-order valence-corrected chi connectivity index (χ2v) is 5.91. The summed E-state index contributed by atoms with van der Waals surface area (Å²) in [6, 6.07) is 10.6. The first kappa shape index (κ1) is 13.4. The third-order valence-electron chi connectivity index (χ3n) is 2.66. The van der Waals surface area contributed by atoms with Crippen LogP contribution in [0.4, 0.5) is 0 Å². The average Bonchev–Trinajstić information content (AvgIpc) is 2.32. The minimum atomic E-state index is -1.58. The Kier molecular flexibility index (Phi) is 6.38. The summed E-state index contributed by atoms with van der Waals surface area (Å²) in [5.74, 6) is 0. The Morgan fingerprint density at radius 3 is 2.00 bits per heavy atom. The molecule has 0 spiro atoms. The second kappa shape index (κ2) is 7.60. The summed E-state index contributed by atoms with van der Waals surface area (Å²) < 4.78 is 11.6. The Bertz CT molecular complexity index is 271. The monoisotopic (exact) mass is 238 g/mol. The van der Waals surface area contributed by atoms with Crippen LogP contribution in [0.3, 0.4) is 0 Å². The van der Waals surface area contributed by atoms with Gasteiger partial charge in [0.05, 0.1) is 0 Å². The van der Waals surface area contributed by atoms with Crippen molar-refractivity contribution < 1.29 is 8.85 Å². The second-order valence-electron chi connectivity index (χ2n) is 3.70. The molecule has 1 aromatic rings. The topological polar surface area (TPSA) is 18.5 Å². The van der Waals surface area contributed by atoms with Crippen molar-refractivity contribution in [3.05, 3.63) is 35.9 Å². The van der Waals surface area contributed by atoms with Crippen LogP contribution in [-0.2, 0) is 8.85 Å². The lowest BCUT2D eigenvalue weighted by Crippen LogP contribution is -2.31. The van der Waals surface area contributed by atoms with Gasteiger partial charge in [0.25, 0.3) is 0 Å². The number of hydrogen-bond donors (Lipinski definition) is 0. The van der Waals surface area contributed by atoms with Gasteiger partial charge in [0.2, 0.25) is 0 Å². The molecule has 0 radical (unpaired) electrons. The van der Waals surface area contributed by atoms with Crippen molar-refractivity contribution >= 4 is 9.28 Å². The third-order valence-corrected chi connectivity index (χ3v) is 5.50. The van der Waals surface area contributed by atoms with Crippen LogP contribution in [0.5, 0.6) is 0 Å². The molecule has 0 saturated heterocycles. The number of rotatable bonds is 7. The van der Waals surface area contributed by atoms with Gasteiger partial charge in [-0.3, -0.25) is 0 Å². The Morgan fingerprint density at radius 1 is 1.00 bits per heavy atom. The van der Waals surface area contributed by atoms with Gasteiger partial charge in [-0.15, -0.1) is 0 Å². The lowest BCUT2D eigenvalue weighted by Gasteiger charge is -2.24. The van der Waals surface area contributed by atoms with E-state index in [1.807, 2.05) is 19.9 Å². The van der Waals surface area contributed by atoms with Crippen molar-refractivity contribution in [1.29, 1.82) is 0 Å². The maximum atomic E-state index is 5.81. The highest BCUT2D eigenvalue weighted by atomic mass is 28.3. The molecular formula is C13H22O2Si. The van der Waals surface area contributed by atoms with Crippen LogP contribution in [0.15, 0.2) is 30.3 Å². The van der Waals surface area contributed by atoms with E-state index >= 15 is 0 Å². The molecule has 0 aliphatic heterocycles. The summed E-state index contributed by atoms with van der Waals surface area (Å²) in [7, 11) is -1.58. The van der Waals surface area contributed by atoms with Gasteiger partial charge in [-0.25, -0.2) is 0 Å². The molecule has 0 saturated carbocycles. The van der Waals surface area contributed by atoms with Crippen molar-refractivity contribution in [2.45, 2.75) is 32.7 Å². The lowest BCUT2D eigenvalue weighted by molar-refractivity contribution is 0.204. The molecule has 1 atom stereocenters. The van der Waals surface area contributed by atoms with Crippen LogP contribution < -0.4 is 0 Å². The van der Waals surface area contributed by atoms with Crippen molar-refractivity contribution in [2.75, 3.05) is 13.2 Å². The fourth-order valence-electron chi connectivity index (χ4n) is 1.89. The van der Waals surface area contributed by atoms with E-state index in [-0.39, 0.29) is 0 Å². The maximum absolute atomic E-state index is 5.81. The summed E-state index contributed by atoms with van der Waals surface area (Å²) in [5, 5.41) is 0. The number of benzene rings is 1. The summed E-state index contributed by atoms with van der Waals surface area (Å²) >= 11 is 0. The molecule has 16 heavy (non-hydrogen) atoms. The molecule has 0 heterocycles. The largest absolute Gasteiger partial charge is 0.396 e. The predicted molar refractivity (Wildman–Crippen MR) is 69.9 cm³/mol. The van der Waals surface area contributed by atoms with Crippen LogP contribution >= 0.6 is 0 Å². The summed E-state index contributed by atoms with van der Waals surface area (Å²) in [6.07, 6.45) is 1.08. The molecule has 0 N–H and O–H groups in total. The molecule has 2 nitrogen and oxygen atoms in total. The molecule has 90 valence electrons. The quantitative estimate of drug-likeness (QED) is 0.680. The summed E-state index contributed by atoms with van der Waals surface area (Å²) in [5.41, 5.74) is 1.81. The van der Waals surface area contributed by atoms with Gasteiger partial charge in [0.15, 0.2) is 0 Å². The summed E-state index contributed by atoms with van der Waals surface area (Å²) in [4.78, 5) is 0. The lowest BCUT2D eigenvalue weighted by atomic mass is 10.1. The van der Waals surface area contributed by atoms with Crippen LogP contribution in [0.2, 0.25) is 0 Å². The maximum Gasteiger partial charge on any atom is 0.329 e. The van der Waals surface area contributed by atoms with Crippen molar-refractivity contribution in [3.63, 3.8) is 0 Å². The molecule has 1 rings (SSSR count). The van der Waals surface area contributed by atoms with E-state index in [1.54, 1.807) is 0 Å². The molecule has 0 amide bonds. The standard InChI is InChI=1S/C13H22O2Si/c1-4-13(12-10-8-7-9-11-12)16(14-5-2)15-6-3/h7-11,13,16H,4-6H2,1-3H3. The van der Waals surface area contributed by atoms with E-state index in [4.69, 9.17) is 8.85 Å². The molecule has 0 fully saturated rings. The first-order chi connectivity index (χ1) is 7.83. The Hall–Kier alpha value is -0.643. The van der Waals surface area contributed by atoms with Crippen LogP contribution in [0.25, 0.3) is 0 Å².